The summed E-state index contributed by atoms with van der Waals surface area (Å²) in [6.07, 6.45) is 4.31. The summed E-state index contributed by atoms with van der Waals surface area (Å²) in [4.78, 5) is 29.6. The normalized spacial score (nSPS) is 18.4. The lowest BCUT2D eigenvalue weighted by atomic mass is 9.88. The summed E-state index contributed by atoms with van der Waals surface area (Å²) in [6.45, 7) is 2.06. The summed E-state index contributed by atoms with van der Waals surface area (Å²) >= 11 is 0. The molecule has 1 aromatic heterocycles. The molecule has 0 radical (unpaired) electrons. The number of ether oxygens (including phenoxy) is 3. The number of nitrogens with one attached hydrogen (secondary N) is 2. The van der Waals surface area contributed by atoms with Gasteiger partial charge in [-0.25, -0.2) is 4.79 Å². The van der Waals surface area contributed by atoms with Crippen LogP contribution in [0.2, 0.25) is 0 Å². The highest BCUT2D eigenvalue weighted by Crippen LogP contribution is 2.45. The van der Waals surface area contributed by atoms with Crippen LogP contribution in [0, 0.1) is 0 Å². The minimum absolute atomic E-state index is 0.0446. The Morgan fingerprint density at radius 3 is 2.44 bits per heavy atom. The average molecular weight is 440 g/mol. The van der Waals surface area contributed by atoms with E-state index in [1.165, 1.54) is 13.3 Å². The van der Waals surface area contributed by atoms with Gasteiger partial charge in [0, 0.05) is 26.0 Å². The number of benzene rings is 1. The molecule has 1 saturated heterocycles. The Morgan fingerprint density at radius 1 is 1.06 bits per heavy atom. The van der Waals surface area contributed by atoms with E-state index in [4.69, 9.17) is 14.2 Å². The number of carbonyl (C=O) groups is 2. The Kier molecular flexibility index (Phi) is 6.72. The highest BCUT2D eigenvalue weighted by Gasteiger charge is 2.51. The number of rotatable bonds is 9. The van der Waals surface area contributed by atoms with E-state index in [-0.39, 0.29) is 5.91 Å². The zero-order chi connectivity index (χ0) is 22.4. The molecule has 1 aromatic carbocycles. The van der Waals surface area contributed by atoms with E-state index >= 15 is 0 Å². The zero-order valence-electron chi connectivity index (χ0n) is 18.3. The first-order valence-corrected chi connectivity index (χ1v) is 11.0. The zero-order valence-corrected chi connectivity index (χ0v) is 18.3. The largest absolute Gasteiger partial charge is 0.492 e. The monoisotopic (exact) mass is 439 g/mol. The van der Waals surface area contributed by atoms with Crippen molar-refractivity contribution in [2.45, 2.75) is 36.8 Å². The van der Waals surface area contributed by atoms with Gasteiger partial charge in [-0.3, -0.25) is 15.1 Å². The van der Waals surface area contributed by atoms with Crippen LogP contribution in [0.1, 0.15) is 41.7 Å². The molecule has 1 aliphatic carbocycles. The number of nitrogens with zero attached hydrogens (tertiary/aromatic N) is 1. The van der Waals surface area contributed by atoms with Crippen molar-refractivity contribution in [2.24, 2.45) is 0 Å². The van der Waals surface area contributed by atoms with Crippen molar-refractivity contribution in [3.8, 4) is 5.75 Å². The van der Waals surface area contributed by atoms with E-state index in [9.17, 15) is 9.59 Å². The Labute approximate surface area is 187 Å². The van der Waals surface area contributed by atoms with Crippen LogP contribution in [0.15, 0.2) is 48.7 Å². The van der Waals surface area contributed by atoms with Crippen molar-refractivity contribution >= 4 is 11.9 Å². The summed E-state index contributed by atoms with van der Waals surface area (Å²) in [5, 5.41) is 6.68. The molecule has 0 bridgehead atoms. The van der Waals surface area contributed by atoms with Gasteiger partial charge in [-0.05, 0) is 49.9 Å². The Bertz CT molecular complexity index is 922. The first-order chi connectivity index (χ1) is 15.6. The topological polar surface area (TPSA) is 98.8 Å². The van der Waals surface area contributed by atoms with Gasteiger partial charge in [-0.2, -0.15) is 0 Å². The second-order valence-corrected chi connectivity index (χ2v) is 8.24. The summed E-state index contributed by atoms with van der Waals surface area (Å²) in [5.41, 5.74) is -0.0495. The summed E-state index contributed by atoms with van der Waals surface area (Å²) < 4.78 is 16.0. The maximum absolute atomic E-state index is 13.5. The SMILES string of the molecule is COC(=O)c1ccc(C2(NC(=O)C3(NCCOc4ccccc4)CCOCC3)CC2)nc1. The number of methoxy groups -OCH3 is 1. The van der Waals surface area contributed by atoms with Gasteiger partial charge < -0.3 is 19.5 Å². The van der Waals surface area contributed by atoms with E-state index < -0.39 is 17.0 Å². The molecule has 0 unspecified atom stereocenters. The molecule has 2 fully saturated rings. The number of amides is 1. The molecule has 1 aliphatic heterocycles. The van der Waals surface area contributed by atoms with Crippen LogP contribution in [0.5, 0.6) is 5.75 Å². The Hall–Kier alpha value is -2.97. The van der Waals surface area contributed by atoms with Crippen LogP contribution in [0.25, 0.3) is 0 Å². The number of carbonyl (C=O) groups excluding carboxylic acids is 2. The summed E-state index contributed by atoms with van der Waals surface area (Å²) in [5.74, 6) is 0.330. The van der Waals surface area contributed by atoms with Crippen molar-refractivity contribution in [2.75, 3.05) is 33.5 Å². The van der Waals surface area contributed by atoms with E-state index in [1.807, 2.05) is 30.3 Å². The predicted molar refractivity (Wildman–Crippen MR) is 117 cm³/mol. The third kappa shape index (κ3) is 4.92. The summed E-state index contributed by atoms with van der Waals surface area (Å²) in [7, 11) is 1.34. The van der Waals surface area contributed by atoms with Gasteiger partial charge in [0.1, 0.15) is 17.9 Å². The lowest BCUT2D eigenvalue weighted by molar-refractivity contribution is -0.133. The number of hydrogen-bond acceptors (Lipinski definition) is 7. The van der Waals surface area contributed by atoms with Gasteiger partial charge in [0.2, 0.25) is 5.91 Å². The second-order valence-electron chi connectivity index (χ2n) is 8.24. The lowest BCUT2D eigenvalue weighted by Crippen LogP contribution is -2.61. The molecule has 170 valence electrons. The molecule has 2 aliphatic rings. The molecule has 8 heteroatoms. The molecule has 2 heterocycles. The highest BCUT2D eigenvalue weighted by molar-refractivity contribution is 5.89. The molecule has 1 saturated carbocycles. The fraction of sp³-hybridized carbons (Fsp3) is 0.458. The Balaban J connectivity index is 1.39. The van der Waals surface area contributed by atoms with E-state index in [2.05, 4.69) is 15.6 Å². The molecule has 2 aromatic rings. The molecular weight excluding hydrogens is 410 g/mol. The van der Waals surface area contributed by atoms with Crippen molar-refractivity contribution in [3.05, 3.63) is 59.9 Å². The standard InChI is InChI=1S/C24H29N3O5/c1-30-21(28)18-7-8-20(25-17-18)23(9-10-23)27-22(29)24(11-14-31-15-12-24)26-13-16-32-19-5-3-2-4-6-19/h2-8,17,26H,9-16H2,1H3,(H,27,29). The molecule has 1 amide bonds. The van der Waals surface area contributed by atoms with Crippen molar-refractivity contribution in [1.29, 1.82) is 0 Å². The maximum atomic E-state index is 13.5. The lowest BCUT2D eigenvalue weighted by Gasteiger charge is -2.38. The van der Waals surface area contributed by atoms with E-state index in [1.54, 1.807) is 12.1 Å². The fourth-order valence-corrected chi connectivity index (χ4v) is 4.00. The number of para-hydroxylation sites is 1. The van der Waals surface area contributed by atoms with Crippen LogP contribution in [0.4, 0.5) is 0 Å². The minimum Gasteiger partial charge on any atom is -0.492 e. The molecular formula is C24H29N3O5. The van der Waals surface area contributed by atoms with Crippen LogP contribution in [-0.2, 0) is 19.8 Å². The quantitative estimate of drug-likeness (QED) is 0.456. The summed E-state index contributed by atoms with van der Waals surface area (Å²) in [6, 6.07) is 13.1. The van der Waals surface area contributed by atoms with Crippen LogP contribution < -0.4 is 15.4 Å². The predicted octanol–water partition coefficient (Wildman–Crippen LogP) is 2.19. The van der Waals surface area contributed by atoms with Crippen molar-refractivity contribution < 1.29 is 23.8 Å². The highest BCUT2D eigenvalue weighted by atomic mass is 16.5. The minimum atomic E-state index is -0.708. The number of hydrogen-bond donors (Lipinski definition) is 2. The van der Waals surface area contributed by atoms with E-state index in [0.29, 0.717) is 44.8 Å². The van der Waals surface area contributed by atoms with Gasteiger partial charge in [0.05, 0.1) is 23.9 Å². The molecule has 0 atom stereocenters. The molecule has 8 nitrogen and oxygen atoms in total. The van der Waals surface area contributed by atoms with Crippen molar-refractivity contribution in [3.63, 3.8) is 0 Å². The third-order valence-electron chi connectivity index (χ3n) is 6.14. The van der Waals surface area contributed by atoms with Gasteiger partial charge in [0.15, 0.2) is 0 Å². The van der Waals surface area contributed by atoms with Crippen LogP contribution in [-0.4, -0.2) is 55.9 Å². The van der Waals surface area contributed by atoms with Crippen LogP contribution in [0.3, 0.4) is 0 Å². The second kappa shape index (κ2) is 9.67. The molecule has 32 heavy (non-hydrogen) atoms. The number of aromatic nitrogens is 1. The smallest absolute Gasteiger partial charge is 0.339 e. The van der Waals surface area contributed by atoms with Crippen molar-refractivity contribution in [1.82, 2.24) is 15.6 Å². The first-order valence-electron chi connectivity index (χ1n) is 11.0. The maximum Gasteiger partial charge on any atom is 0.339 e. The molecule has 4 rings (SSSR count). The molecule has 2 N–H and O–H groups in total. The van der Waals surface area contributed by atoms with Gasteiger partial charge in [-0.15, -0.1) is 0 Å². The van der Waals surface area contributed by atoms with Crippen LogP contribution >= 0.6 is 0 Å². The number of esters is 1. The van der Waals surface area contributed by atoms with Gasteiger partial charge in [-0.1, -0.05) is 18.2 Å². The Morgan fingerprint density at radius 2 is 1.81 bits per heavy atom. The van der Waals surface area contributed by atoms with Gasteiger partial charge >= 0.3 is 5.97 Å². The van der Waals surface area contributed by atoms with Gasteiger partial charge in [0.25, 0.3) is 0 Å². The average Bonchev–Trinajstić information content (AvgIpc) is 3.63. The molecule has 0 spiro atoms. The first kappa shape index (κ1) is 22.2. The fourth-order valence-electron chi connectivity index (χ4n) is 4.00. The number of pyridine rings is 1. The van der Waals surface area contributed by atoms with E-state index in [0.717, 1.165) is 24.3 Å². The third-order valence-corrected chi connectivity index (χ3v) is 6.14.